The SMILES string of the molecule is CCCCN(Cc1c(F)cccc1Cl)c1c(N)n(CC(C)C)c(=O)[nH]c1=O. The van der Waals surface area contributed by atoms with E-state index in [0.717, 1.165) is 12.8 Å². The molecule has 1 heterocycles. The van der Waals surface area contributed by atoms with Gasteiger partial charge in [-0.05, 0) is 24.5 Å². The molecule has 0 saturated carbocycles. The van der Waals surface area contributed by atoms with Crippen LogP contribution < -0.4 is 21.9 Å². The summed E-state index contributed by atoms with van der Waals surface area (Å²) in [5, 5.41) is 0.280. The van der Waals surface area contributed by atoms with Crippen molar-refractivity contribution in [2.75, 3.05) is 17.2 Å². The number of H-pyrrole nitrogens is 1. The van der Waals surface area contributed by atoms with Crippen LogP contribution in [0.5, 0.6) is 0 Å². The highest BCUT2D eigenvalue weighted by Gasteiger charge is 2.21. The number of nitrogens with one attached hydrogen (secondary N) is 1. The van der Waals surface area contributed by atoms with Gasteiger partial charge in [0, 0.05) is 30.2 Å². The number of nitrogens with zero attached hydrogens (tertiary/aromatic N) is 2. The molecule has 27 heavy (non-hydrogen) atoms. The molecule has 0 amide bonds. The highest BCUT2D eigenvalue weighted by molar-refractivity contribution is 6.31. The van der Waals surface area contributed by atoms with Crippen molar-refractivity contribution in [3.05, 3.63) is 55.4 Å². The molecule has 148 valence electrons. The van der Waals surface area contributed by atoms with E-state index in [-0.39, 0.29) is 34.6 Å². The molecular formula is C19H26ClFN4O2. The van der Waals surface area contributed by atoms with Gasteiger partial charge in [0.25, 0.3) is 5.56 Å². The average molecular weight is 397 g/mol. The number of aromatic amines is 1. The molecular weight excluding hydrogens is 371 g/mol. The highest BCUT2D eigenvalue weighted by atomic mass is 35.5. The number of nitrogen functional groups attached to an aromatic ring is 1. The van der Waals surface area contributed by atoms with Crippen molar-refractivity contribution in [1.82, 2.24) is 9.55 Å². The number of unbranched alkanes of at least 4 members (excludes halogenated alkanes) is 1. The molecule has 0 aliphatic rings. The molecule has 0 spiro atoms. The minimum atomic E-state index is -0.582. The van der Waals surface area contributed by atoms with Gasteiger partial charge in [0.1, 0.15) is 17.3 Å². The lowest BCUT2D eigenvalue weighted by atomic mass is 10.1. The van der Waals surface area contributed by atoms with E-state index in [1.54, 1.807) is 11.0 Å². The van der Waals surface area contributed by atoms with E-state index >= 15 is 0 Å². The van der Waals surface area contributed by atoms with Crippen molar-refractivity contribution in [3.8, 4) is 0 Å². The van der Waals surface area contributed by atoms with Crippen molar-refractivity contribution in [1.29, 1.82) is 0 Å². The van der Waals surface area contributed by atoms with Crippen LogP contribution in [-0.2, 0) is 13.1 Å². The summed E-state index contributed by atoms with van der Waals surface area (Å²) in [4.78, 5) is 28.7. The van der Waals surface area contributed by atoms with E-state index in [0.29, 0.717) is 13.1 Å². The van der Waals surface area contributed by atoms with Crippen molar-refractivity contribution in [2.45, 2.75) is 46.7 Å². The number of halogens is 2. The molecule has 2 rings (SSSR count). The zero-order chi connectivity index (χ0) is 20.1. The normalized spacial score (nSPS) is 11.2. The third-order valence-electron chi connectivity index (χ3n) is 4.27. The third kappa shape index (κ3) is 4.91. The first-order valence-electron chi connectivity index (χ1n) is 9.06. The summed E-state index contributed by atoms with van der Waals surface area (Å²) in [5.41, 5.74) is 5.54. The summed E-state index contributed by atoms with van der Waals surface area (Å²) in [6, 6.07) is 4.46. The molecule has 6 nitrogen and oxygen atoms in total. The molecule has 2 aromatic rings. The summed E-state index contributed by atoms with van der Waals surface area (Å²) in [5.74, 6) is -0.204. The second kappa shape index (κ2) is 9.08. The van der Waals surface area contributed by atoms with Gasteiger partial charge in [0.05, 0.1) is 0 Å². The Morgan fingerprint density at radius 3 is 2.63 bits per heavy atom. The van der Waals surface area contributed by atoms with Crippen LogP contribution >= 0.6 is 11.6 Å². The Labute approximate surface area is 162 Å². The molecule has 1 aromatic heterocycles. The smallest absolute Gasteiger partial charge is 0.330 e. The Morgan fingerprint density at radius 1 is 1.33 bits per heavy atom. The van der Waals surface area contributed by atoms with Gasteiger partial charge in [-0.25, -0.2) is 9.18 Å². The number of rotatable bonds is 8. The molecule has 0 saturated heterocycles. The second-order valence-electron chi connectivity index (χ2n) is 6.97. The molecule has 0 aliphatic carbocycles. The van der Waals surface area contributed by atoms with E-state index < -0.39 is 17.1 Å². The summed E-state index contributed by atoms with van der Waals surface area (Å²) < 4.78 is 15.6. The minimum absolute atomic E-state index is 0.0820. The largest absolute Gasteiger partial charge is 0.383 e. The minimum Gasteiger partial charge on any atom is -0.383 e. The number of anilines is 2. The first kappa shape index (κ1) is 21.0. The average Bonchev–Trinajstić information content (AvgIpc) is 2.58. The fourth-order valence-electron chi connectivity index (χ4n) is 2.92. The topological polar surface area (TPSA) is 84.1 Å². The fourth-order valence-corrected chi connectivity index (χ4v) is 3.15. The van der Waals surface area contributed by atoms with Crippen LogP contribution in [0.1, 0.15) is 39.2 Å². The first-order valence-corrected chi connectivity index (χ1v) is 9.44. The molecule has 0 aliphatic heterocycles. The van der Waals surface area contributed by atoms with Crippen LogP contribution in [0.2, 0.25) is 5.02 Å². The van der Waals surface area contributed by atoms with Crippen molar-refractivity contribution >= 4 is 23.1 Å². The Bertz CT molecular complexity index is 887. The van der Waals surface area contributed by atoms with Gasteiger partial charge in [-0.1, -0.05) is 44.9 Å². The lowest BCUT2D eigenvalue weighted by molar-refractivity contribution is 0.506. The lowest BCUT2D eigenvalue weighted by Crippen LogP contribution is -2.39. The first-order chi connectivity index (χ1) is 12.8. The van der Waals surface area contributed by atoms with Gasteiger partial charge in [-0.15, -0.1) is 0 Å². The molecule has 8 heteroatoms. The maximum absolute atomic E-state index is 14.3. The monoisotopic (exact) mass is 396 g/mol. The third-order valence-corrected chi connectivity index (χ3v) is 4.62. The summed E-state index contributed by atoms with van der Waals surface area (Å²) >= 11 is 6.16. The van der Waals surface area contributed by atoms with E-state index in [4.69, 9.17) is 17.3 Å². The van der Waals surface area contributed by atoms with Crippen LogP contribution in [0.4, 0.5) is 15.9 Å². The maximum atomic E-state index is 14.3. The summed E-state index contributed by atoms with van der Waals surface area (Å²) in [6.45, 7) is 6.85. The number of aromatic nitrogens is 2. The molecule has 0 radical (unpaired) electrons. The molecule has 3 N–H and O–H groups in total. The van der Waals surface area contributed by atoms with E-state index in [9.17, 15) is 14.0 Å². The van der Waals surface area contributed by atoms with E-state index in [2.05, 4.69) is 4.98 Å². The standard InChI is InChI=1S/C19H26ClFN4O2/c1-4-5-9-24(11-13-14(20)7-6-8-15(13)21)16-17(22)25(10-12(2)3)19(27)23-18(16)26/h6-8,12H,4-5,9-11,22H2,1-3H3,(H,23,26,27). The van der Waals surface area contributed by atoms with Crippen molar-refractivity contribution in [3.63, 3.8) is 0 Å². The van der Waals surface area contributed by atoms with Crippen molar-refractivity contribution in [2.24, 2.45) is 5.92 Å². The van der Waals surface area contributed by atoms with Crippen LogP contribution in [0.15, 0.2) is 27.8 Å². The summed E-state index contributed by atoms with van der Waals surface area (Å²) in [7, 11) is 0. The van der Waals surface area contributed by atoms with Gasteiger partial charge < -0.3 is 10.6 Å². The van der Waals surface area contributed by atoms with Crippen LogP contribution in [-0.4, -0.2) is 16.1 Å². The van der Waals surface area contributed by atoms with Gasteiger partial charge >= 0.3 is 5.69 Å². The second-order valence-corrected chi connectivity index (χ2v) is 7.38. The van der Waals surface area contributed by atoms with E-state index in [1.807, 2.05) is 20.8 Å². The summed E-state index contributed by atoms with van der Waals surface area (Å²) in [6.07, 6.45) is 1.65. The Hall–Kier alpha value is -2.28. The molecule has 0 atom stereocenters. The maximum Gasteiger partial charge on any atom is 0.330 e. The number of hydrogen-bond donors (Lipinski definition) is 2. The fraction of sp³-hybridized carbons (Fsp3) is 0.474. The van der Waals surface area contributed by atoms with Crippen molar-refractivity contribution < 1.29 is 4.39 Å². The van der Waals surface area contributed by atoms with E-state index in [1.165, 1.54) is 16.7 Å². The van der Waals surface area contributed by atoms with Crippen LogP contribution in [0, 0.1) is 11.7 Å². The lowest BCUT2D eigenvalue weighted by Gasteiger charge is -2.27. The molecule has 1 aromatic carbocycles. The Kier molecular flexibility index (Phi) is 7.07. The van der Waals surface area contributed by atoms with Gasteiger partial charge in [0.15, 0.2) is 0 Å². The van der Waals surface area contributed by atoms with Gasteiger partial charge in [-0.3, -0.25) is 14.3 Å². The number of hydrogen-bond acceptors (Lipinski definition) is 4. The molecule has 0 fully saturated rings. The Balaban J connectivity index is 2.56. The number of benzene rings is 1. The van der Waals surface area contributed by atoms with Gasteiger partial charge in [-0.2, -0.15) is 0 Å². The quantitative estimate of drug-likeness (QED) is 0.716. The van der Waals surface area contributed by atoms with Gasteiger partial charge in [0.2, 0.25) is 0 Å². The molecule has 0 bridgehead atoms. The van der Waals surface area contributed by atoms with Crippen LogP contribution in [0.3, 0.4) is 0 Å². The molecule has 0 unspecified atom stereocenters. The number of nitrogens with two attached hydrogens (primary N) is 1. The zero-order valence-corrected chi connectivity index (χ0v) is 16.6. The Morgan fingerprint density at radius 2 is 2.04 bits per heavy atom. The highest BCUT2D eigenvalue weighted by Crippen LogP contribution is 2.25. The predicted octanol–water partition coefficient (Wildman–Crippen LogP) is 3.37. The zero-order valence-electron chi connectivity index (χ0n) is 15.9. The van der Waals surface area contributed by atoms with Crippen LogP contribution in [0.25, 0.3) is 0 Å². The predicted molar refractivity (Wildman–Crippen MR) is 108 cm³/mol.